The number of unbranched alkanes of at least 4 members (excludes halogenated alkanes) is 1. The molecule has 0 saturated carbocycles. The largest absolute Gasteiger partial charge is 0.459 e. The lowest BCUT2D eigenvalue weighted by Gasteiger charge is -2.22. The van der Waals surface area contributed by atoms with Gasteiger partial charge < -0.3 is 9.32 Å². The van der Waals surface area contributed by atoms with E-state index in [-0.39, 0.29) is 18.1 Å². The highest BCUT2D eigenvalue weighted by atomic mass is 19.1. The number of furan rings is 1. The summed E-state index contributed by atoms with van der Waals surface area (Å²) in [5.74, 6) is -0.163. The number of benzene rings is 2. The topological polar surface area (TPSA) is 57.2 Å². The van der Waals surface area contributed by atoms with Gasteiger partial charge in [-0.1, -0.05) is 31.5 Å². The Hall–Kier alpha value is -3.13. The maximum Gasteiger partial charge on any atom is 0.227 e. The molecular formula is C21H19FN2O2. The fourth-order valence-corrected chi connectivity index (χ4v) is 2.83. The molecule has 3 aromatic rings. The van der Waals surface area contributed by atoms with Crippen molar-refractivity contribution in [2.24, 2.45) is 0 Å². The van der Waals surface area contributed by atoms with Gasteiger partial charge in [0.1, 0.15) is 17.2 Å². The molecule has 26 heavy (non-hydrogen) atoms. The minimum absolute atomic E-state index is 0.102. The van der Waals surface area contributed by atoms with E-state index in [9.17, 15) is 9.18 Å². The number of nitriles is 1. The molecule has 0 aliphatic rings. The third kappa shape index (κ3) is 3.75. The molecule has 132 valence electrons. The van der Waals surface area contributed by atoms with Crippen LogP contribution in [0.5, 0.6) is 0 Å². The third-order valence-corrected chi connectivity index (χ3v) is 4.20. The first-order valence-corrected chi connectivity index (χ1v) is 8.60. The van der Waals surface area contributed by atoms with Crippen molar-refractivity contribution in [2.75, 3.05) is 4.90 Å². The number of carbonyl (C=O) groups excluding carboxylic acids is 1. The quantitative estimate of drug-likeness (QED) is 0.616. The van der Waals surface area contributed by atoms with E-state index in [0.717, 1.165) is 23.8 Å². The average molecular weight is 350 g/mol. The summed E-state index contributed by atoms with van der Waals surface area (Å²) in [4.78, 5) is 14.1. The molecule has 0 aliphatic carbocycles. The first kappa shape index (κ1) is 17.7. The number of rotatable bonds is 6. The van der Waals surface area contributed by atoms with Crippen molar-refractivity contribution in [3.05, 3.63) is 65.7 Å². The first-order chi connectivity index (χ1) is 12.6. The molecule has 0 spiro atoms. The molecule has 0 N–H and O–H groups in total. The summed E-state index contributed by atoms with van der Waals surface area (Å²) >= 11 is 0. The molecule has 1 heterocycles. The van der Waals surface area contributed by atoms with Gasteiger partial charge in [0.2, 0.25) is 5.91 Å². The number of hydrogen-bond donors (Lipinski definition) is 0. The van der Waals surface area contributed by atoms with Gasteiger partial charge in [0.05, 0.1) is 23.9 Å². The third-order valence-electron chi connectivity index (χ3n) is 4.20. The number of halogens is 1. The van der Waals surface area contributed by atoms with Crippen molar-refractivity contribution in [2.45, 2.75) is 32.7 Å². The highest BCUT2D eigenvalue weighted by molar-refractivity contribution is 5.93. The van der Waals surface area contributed by atoms with Gasteiger partial charge in [-0.3, -0.25) is 4.79 Å². The van der Waals surface area contributed by atoms with Crippen molar-refractivity contribution in [3.8, 4) is 6.07 Å². The molecule has 0 saturated heterocycles. The normalized spacial score (nSPS) is 10.7. The van der Waals surface area contributed by atoms with Gasteiger partial charge in [0, 0.05) is 11.8 Å². The van der Waals surface area contributed by atoms with Gasteiger partial charge in [-0.25, -0.2) is 4.39 Å². The van der Waals surface area contributed by atoms with E-state index in [1.165, 1.54) is 23.1 Å². The lowest BCUT2D eigenvalue weighted by Crippen LogP contribution is -2.30. The van der Waals surface area contributed by atoms with Gasteiger partial charge in [0.25, 0.3) is 0 Å². The number of carbonyl (C=O) groups is 1. The van der Waals surface area contributed by atoms with Crippen LogP contribution in [0, 0.1) is 17.1 Å². The first-order valence-electron chi connectivity index (χ1n) is 8.60. The number of hydrogen-bond acceptors (Lipinski definition) is 3. The second-order valence-corrected chi connectivity index (χ2v) is 6.11. The smallest absolute Gasteiger partial charge is 0.227 e. The van der Waals surface area contributed by atoms with Crippen LogP contribution in [0.25, 0.3) is 11.0 Å². The predicted molar refractivity (Wildman–Crippen MR) is 98.0 cm³/mol. The lowest BCUT2D eigenvalue weighted by molar-refractivity contribution is -0.118. The van der Waals surface area contributed by atoms with Gasteiger partial charge in [0.15, 0.2) is 0 Å². The van der Waals surface area contributed by atoms with Crippen LogP contribution in [0.15, 0.2) is 52.9 Å². The van der Waals surface area contributed by atoms with E-state index in [1.807, 2.05) is 43.3 Å². The molecule has 1 aromatic heterocycles. The van der Waals surface area contributed by atoms with E-state index in [0.29, 0.717) is 17.7 Å². The maximum absolute atomic E-state index is 14.4. The molecule has 1 amide bonds. The van der Waals surface area contributed by atoms with Crippen LogP contribution < -0.4 is 4.90 Å². The Balaban J connectivity index is 1.98. The number of para-hydroxylation sites is 1. The lowest BCUT2D eigenvalue weighted by atomic mass is 10.1. The Bertz CT molecular complexity index is 939. The standard InChI is InChI=1S/C21H19FN2O2/c1-2-3-8-21(25)24(19-11-15(13-23)9-10-18(19)22)14-17-12-16-6-4-5-7-20(16)26-17/h4-7,9-12H,2-3,8,14H2,1H3. The zero-order chi connectivity index (χ0) is 18.5. The molecule has 0 unspecified atom stereocenters. The van der Waals surface area contributed by atoms with Crippen LogP contribution in [0.4, 0.5) is 10.1 Å². The summed E-state index contributed by atoms with van der Waals surface area (Å²) in [6, 6.07) is 15.4. The molecule has 0 bridgehead atoms. The van der Waals surface area contributed by atoms with Crippen LogP contribution >= 0.6 is 0 Å². The van der Waals surface area contributed by atoms with Gasteiger partial charge in [-0.15, -0.1) is 0 Å². The summed E-state index contributed by atoms with van der Waals surface area (Å²) in [7, 11) is 0. The fraction of sp³-hybridized carbons (Fsp3) is 0.238. The summed E-state index contributed by atoms with van der Waals surface area (Å²) in [6.07, 6.45) is 1.90. The summed E-state index contributed by atoms with van der Waals surface area (Å²) in [5.41, 5.74) is 1.12. The van der Waals surface area contributed by atoms with Crippen molar-refractivity contribution in [1.82, 2.24) is 0 Å². The molecule has 2 aromatic carbocycles. The van der Waals surface area contributed by atoms with Gasteiger partial charge in [-0.05, 0) is 36.8 Å². The number of fused-ring (bicyclic) bond motifs is 1. The second kappa shape index (κ2) is 7.83. The van der Waals surface area contributed by atoms with E-state index in [2.05, 4.69) is 0 Å². The van der Waals surface area contributed by atoms with Crippen molar-refractivity contribution >= 4 is 22.6 Å². The fourth-order valence-electron chi connectivity index (χ4n) is 2.83. The van der Waals surface area contributed by atoms with E-state index >= 15 is 0 Å². The predicted octanol–water partition coefficient (Wildman–Crippen LogP) is 5.17. The van der Waals surface area contributed by atoms with Crippen molar-refractivity contribution < 1.29 is 13.6 Å². The minimum atomic E-state index is -0.537. The Morgan fingerprint density at radius 1 is 1.23 bits per heavy atom. The highest BCUT2D eigenvalue weighted by Crippen LogP contribution is 2.26. The molecular weight excluding hydrogens is 331 g/mol. The minimum Gasteiger partial charge on any atom is -0.459 e. The Kier molecular flexibility index (Phi) is 5.33. The molecule has 0 fully saturated rings. The zero-order valence-corrected chi connectivity index (χ0v) is 14.5. The maximum atomic E-state index is 14.4. The molecule has 5 heteroatoms. The SMILES string of the molecule is CCCCC(=O)N(Cc1cc2ccccc2o1)c1cc(C#N)ccc1F. The van der Waals surface area contributed by atoms with Crippen molar-refractivity contribution in [1.29, 1.82) is 5.26 Å². The Labute approximate surface area is 151 Å². The number of anilines is 1. The highest BCUT2D eigenvalue weighted by Gasteiger charge is 2.21. The monoisotopic (exact) mass is 350 g/mol. The summed E-state index contributed by atoms with van der Waals surface area (Å²) < 4.78 is 20.2. The molecule has 4 nitrogen and oxygen atoms in total. The Morgan fingerprint density at radius 3 is 2.77 bits per heavy atom. The van der Waals surface area contributed by atoms with Crippen LogP contribution in [0.2, 0.25) is 0 Å². The van der Waals surface area contributed by atoms with Crippen LogP contribution in [-0.4, -0.2) is 5.91 Å². The van der Waals surface area contributed by atoms with Crippen molar-refractivity contribution in [3.63, 3.8) is 0 Å². The molecule has 0 radical (unpaired) electrons. The van der Waals surface area contributed by atoms with Gasteiger partial charge >= 0.3 is 0 Å². The second-order valence-electron chi connectivity index (χ2n) is 6.11. The zero-order valence-electron chi connectivity index (χ0n) is 14.5. The number of amides is 1. The molecule has 0 aliphatic heterocycles. The summed E-state index contributed by atoms with van der Waals surface area (Å²) in [6.45, 7) is 2.11. The molecule has 3 rings (SSSR count). The van der Waals surface area contributed by atoms with Gasteiger partial charge in [-0.2, -0.15) is 5.26 Å². The van der Waals surface area contributed by atoms with E-state index in [1.54, 1.807) is 0 Å². The number of nitrogens with zero attached hydrogens (tertiary/aromatic N) is 2. The van der Waals surface area contributed by atoms with Crippen LogP contribution in [0.3, 0.4) is 0 Å². The van der Waals surface area contributed by atoms with E-state index < -0.39 is 5.82 Å². The summed E-state index contributed by atoms with van der Waals surface area (Å²) in [5, 5.41) is 10.0. The van der Waals surface area contributed by atoms with E-state index in [4.69, 9.17) is 9.68 Å². The van der Waals surface area contributed by atoms with Crippen LogP contribution in [-0.2, 0) is 11.3 Å². The van der Waals surface area contributed by atoms with Crippen LogP contribution in [0.1, 0.15) is 37.5 Å². The average Bonchev–Trinajstić information content (AvgIpc) is 3.07. The molecule has 0 atom stereocenters. The Morgan fingerprint density at radius 2 is 2.04 bits per heavy atom.